The number of thiazole rings is 1. The number of aryl methyl sites for hydroxylation is 1. The first-order valence-electron chi connectivity index (χ1n) is 10.2. The van der Waals surface area contributed by atoms with Gasteiger partial charge in [0, 0.05) is 11.4 Å². The number of rotatable bonds is 7. The molecule has 2 amide bonds. The summed E-state index contributed by atoms with van der Waals surface area (Å²) in [5, 5.41) is 5.58. The molecule has 1 aromatic heterocycles. The number of nitrogens with zero attached hydrogens (tertiary/aromatic N) is 3. The van der Waals surface area contributed by atoms with Crippen molar-refractivity contribution in [3.8, 4) is 11.5 Å². The zero-order chi connectivity index (χ0) is 24.1. The van der Waals surface area contributed by atoms with Gasteiger partial charge < -0.3 is 14.8 Å². The molecule has 0 aliphatic carbocycles. The van der Waals surface area contributed by atoms with Gasteiger partial charge in [0.05, 0.1) is 31.4 Å². The van der Waals surface area contributed by atoms with Crippen molar-refractivity contribution in [1.82, 2.24) is 4.98 Å². The number of thioether (sulfide) groups is 1. The molecule has 10 heteroatoms. The minimum Gasteiger partial charge on any atom is -0.497 e. The number of ether oxygens (including phenoxy) is 2. The van der Waals surface area contributed by atoms with E-state index in [0.29, 0.717) is 21.7 Å². The number of aromatic nitrogens is 1. The highest BCUT2D eigenvalue weighted by molar-refractivity contribution is 8.14. The SMILES string of the molecule is COc1ccc(/C=C2\N=C(SCC(=O)Nc3nc(C)cs3)N(c3cccc(OC)c3)C2=O)cc1. The molecule has 1 aliphatic rings. The van der Waals surface area contributed by atoms with Gasteiger partial charge in [-0.1, -0.05) is 30.0 Å². The lowest BCUT2D eigenvalue weighted by Crippen LogP contribution is -2.31. The molecule has 0 saturated heterocycles. The van der Waals surface area contributed by atoms with Gasteiger partial charge in [-0.3, -0.25) is 14.5 Å². The molecule has 0 spiro atoms. The molecule has 8 nitrogen and oxygen atoms in total. The zero-order valence-corrected chi connectivity index (χ0v) is 20.4. The topological polar surface area (TPSA) is 93.1 Å². The first kappa shape index (κ1) is 23.5. The fourth-order valence-electron chi connectivity index (χ4n) is 3.13. The molecule has 3 aromatic rings. The van der Waals surface area contributed by atoms with Crippen LogP contribution in [0.25, 0.3) is 6.08 Å². The summed E-state index contributed by atoms with van der Waals surface area (Å²) in [6, 6.07) is 14.5. The maximum atomic E-state index is 13.3. The van der Waals surface area contributed by atoms with Crippen LogP contribution in [0, 0.1) is 6.92 Å². The largest absolute Gasteiger partial charge is 0.497 e. The lowest BCUT2D eigenvalue weighted by Gasteiger charge is -2.18. The summed E-state index contributed by atoms with van der Waals surface area (Å²) in [6.45, 7) is 1.86. The molecular weight excluding hydrogens is 472 g/mol. The molecule has 0 fully saturated rings. The highest BCUT2D eigenvalue weighted by Crippen LogP contribution is 2.31. The number of anilines is 2. The Hall–Kier alpha value is -3.63. The van der Waals surface area contributed by atoms with Gasteiger partial charge in [0.15, 0.2) is 10.3 Å². The Morgan fingerprint density at radius 1 is 1.15 bits per heavy atom. The third kappa shape index (κ3) is 5.46. The van der Waals surface area contributed by atoms with Gasteiger partial charge in [-0.2, -0.15) is 0 Å². The van der Waals surface area contributed by atoms with E-state index in [1.54, 1.807) is 44.6 Å². The zero-order valence-electron chi connectivity index (χ0n) is 18.8. The van der Waals surface area contributed by atoms with Crippen molar-refractivity contribution in [1.29, 1.82) is 0 Å². The number of nitrogens with one attached hydrogen (secondary N) is 1. The van der Waals surface area contributed by atoms with Crippen molar-refractivity contribution in [3.63, 3.8) is 0 Å². The average molecular weight is 495 g/mol. The standard InChI is InChI=1S/C24H22N4O4S2/c1-15-13-33-23(25-15)27-21(29)14-34-24-26-20(11-16-7-9-18(31-2)10-8-16)22(30)28(24)17-5-4-6-19(12-17)32-3/h4-13H,14H2,1-3H3,(H,25,27,29)/b20-11-. The fraction of sp³-hybridized carbons (Fsp3) is 0.167. The first-order chi connectivity index (χ1) is 16.5. The van der Waals surface area contributed by atoms with Crippen LogP contribution in [-0.2, 0) is 9.59 Å². The second kappa shape index (κ2) is 10.5. The van der Waals surface area contributed by atoms with E-state index in [0.717, 1.165) is 17.0 Å². The van der Waals surface area contributed by atoms with Crippen LogP contribution in [-0.4, -0.2) is 41.9 Å². The normalized spacial score (nSPS) is 14.3. The minimum atomic E-state index is -0.289. The molecule has 0 atom stereocenters. The van der Waals surface area contributed by atoms with E-state index in [1.807, 2.05) is 36.6 Å². The number of hydrogen-bond acceptors (Lipinski definition) is 8. The fourth-order valence-corrected chi connectivity index (χ4v) is 4.64. The van der Waals surface area contributed by atoms with Gasteiger partial charge in [-0.15, -0.1) is 11.3 Å². The maximum absolute atomic E-state index is 13.3. The predicted octanol–water partition coefficient (Wildman–Crippen LogP) is 4.58. The van der Waals surface area contributed by atoms with Crippen molar-refractivity contribution >= 4 is 57.0 Å². The summed E-state index contributed by atoms with van der Waals surface area (Å²) in [5.41, 5.74) is 2.52. The van der Waals surface area contributed by atoms with Crippen molar-refractivity contribution in [2.75, 3.05) is 30.2 Å². The maximum Gasteiger partial charge on any atom is 0.283 e. The molecule has 0 saturated carbocycles. The molecule has 174 valence electrons. The summed E-state index contributed by atoms with van der Waals surface area (Å²) in [5.74, 6) is 0.884. The van der Waals surface area contributed by atoms with Gasteiger partial charge in [0.2, 0.25) is 5.91 Å². The number of benzene rings is 2. The monoisotopic (exact) mass is 494 g/mol. The van der Waals surface area contributed by atoms with Gasteiger partial charge in [0.25, 0.3) is 5.91 Å². The summed E-state index contributed by atoms with van der Waals surface area (Å²) in [4.78, 5) is 36.1. The van der Waals surface area contributed by atoms with Crippen LogP contribution in [0.5, 0.6) is 11.5 Å². The average Bonchev–Trinajstić information content (AvgIpc) is 3.40. The van der Waals surface area contributed by atoms with Crippen LogP contribution in [0.15, 0.2) is 64.6 Å². The van der Waals surface area contributed by atoms with Crippen molar-refractivity contribution in [3.05, 3.63) is 70.9 Å². The van der Waals surface area contributed by atoms with E-state index in [9.17, 15) is 9.59 Å². The number of methoxy groups -OCH3 is 2. The highest BCUT2D eigenvalue weighted by Gasteiger charge is 2.32. The van der Waals surface area contributed by atoms with Crippen molar-refractivity contribution in [2.45, 2.75) is 6.92 Å². The Morgan fingerprint density at radius 2 is 1.91 bits per heavy atom. The first-order valence-corrected chi connectivity index (χ1v) is 12.1. The number of hydrogen-bond donors (Lipinski definition) is 1. The number of aliphatic imine (C=N–C) groups is 1. The van der Waals surface area contributed by atoms with E-state index >= 15 is 0 Å². The van der Waals surface area contributed by atoms with Crippen LogP contribution >= 0.6 is 23.1 Å². The lowest BCUT2D eigenvalue weighted by atomic mass is 10.2. The Labute approximate surface area is 205 Å². The van der Waals surface area contributed by atoms with Crippen LogP contribution in [0.3, 0.4) is 0 Å². The molecule has 0 unspecified atom stereocenters. The van der Waals surface area contributed by atoms with Gasteiger partial charge in [0.1, 0.15) is 17.2 Å². The van der Waals surface area contributed by atoms with Crippen LogP contribution in [0.4, 0.5) is 10.8 Å². The van der Waals surface area contributed by atoms with E-state index < -0.39 is 0 Å². The quantitative estimate of drug-likeness (QED) is 0.483. The second-order valence-electron chi connectivity index (χ2n) is 7.17. The van der Waals surface area contributed by atoms with Crippen LogP contribution in [0.1, 0.15) is 11.3 Å². The number of amidine groups is 1. The van der Waals surface area contributed by atoms with Crippen LogP contribution < -0.4 is 19.7 Å². The molecule has 2 heterocycles. The molecule has 0 radical (unpaired) electrons. The van der Waals surface area contributed by atoms with Gasteiger partial charge >= 0.3 is 0 Å². The molecule has 1 aliphatic heterocycles. The highest BCUT2D eigenvalue weighted by atomic mass is 32.2. The Balaban J connectivity index is 1.59. The molecule has 1 N–H and O–H groups in total. The number of carbonyl (C=O) groups excluding carboxylic acids is 2. The summed E-state index contributed by atoms with van der Waals surface area (Å²) in [6.07, 6.45) is 1.71. The Morgan fingerprint density at radius 3 is 2.59 bits per heavy atom. The Kier molecular flexibility index (Phi) is 7.29. The summed E-state index contributed by atoms with van der Waals surface area (Å²) < 4.78 is 10.5. The van der Waals surface area contributed by atoms with Gasteiger partial charge in [-0.25, -0.2) is 9.98 Å². The molecule has 34 heavy (non-hydrogen) atoms. The smallest absolute Gasteiger partial charge is 0.283 e. The second-order valence-corrected chi connectivity index (χ2v) is 8.97. The van der Waals surface area contributed by atoms with E-state index in [-0.39, 0.29) is 23.3 Å². The van der Waals surface area contributed by atoms with Crippen molar-refractivity contribution < 1.29 is 19.1 Å². The molecular formula is C24H22N4O4S2. The van der Waals surface area contributed by atoms with Crippen molar-refractivity contribution in [2.24, 2.45) is 4.99 Å². The predicted molar refractivity (Wildman–Crippen MR) is 137 cm³/mol. The number of amides is 2. The molecule has 0 bridgehead atoms. The minimum absolute atomic E-state index is 0.0705. The van der Waals surface area contributed by atoms with E-state index in [1.165, 1.54) is 28.0 Å². The summed E-state index contributed by atoms with van der Waals surface area (Å²) in [7, 11) is 3.16. The van der Waals surface area contributed by atoms with Crippen LogP contribution in [0.2, 0.25) is 0 Å². The van der Waals surface area contributed by atoms with E-state index in [4.69, 9.17) is 9.47 Å². The third-order valence-electron chi connectivity index (χ3n) is 4.76. The molecule has 2 aromatic carbocycles. The van der Waals surface area contributed by atoms with Gasteiger partial charge in [-0.05, 0) is 42.8 Å². The lowest BCUT2D eigenvalue weighted by molar-refractivity contribution is -0.114. The summed E-state index contributed by atoms with van der Waals surface area (Å²) >= 11 is 2.54. The van der Waals surface area contributed by atoms with E-state index in [2.05, 4.69) is 15.3 Å². The molecule has 4 rings (SSSR count). The third-order valence-corrected chi connectivity index (χ3v) is 6.57. The Bertz CT molecular complexity index is 1270. The number of carbonyl (C=O) groups is 2.